The molecule has 0 spiro atoms. The summed E-state index contributed by atoms with van der Waals surface area (Å²) in [4.78, 5) is 29.4. The minimum absolute atomic E-state index is 0.121. The highest BCUT2D eigenvalue weighted by molar-refractivity contribution is 6.04. The zero-order chi connectivity index (χ0) is 28.9. The average molecular weight is 566 g/mol. The first-order valence-electron chi connectivity index (χ1n) is 15.2. The van der Waals surface area contributed by atoms with Crippen LogP contribution in [0.1, 0.15) is 59.5 Å². The molecule has 1 aromatic heterocycles. The summed E-state index contributed by atoms with van der Waals surface area (Å²) < 4.78 is 13.2. The van der Waals surface area contributed by atoms with Crippen LogP contribution in [-0.4, -0.2) is 54.8 Å². The van der Waals surface area contributed by atoms with Crippen molar-refractivity contribution in [3.8, 4) is 11.4 Å². The molecular weight excluding hydrogens is 526 g/mol. The van der Waals surface area contributed by atoms with Gasteiger partial charge in [-0.05, 0) is 111 Å². The van der Waals surface area contributed by atoms with Gasteiger partial charge in [0.2, 0.25) is 0 Å². The van der Waals surface area contributed by atoms with Crippen LogP contribution in [0.3, 0.4) is 0 Å². The topological polar surface area (TPSA) is 72.8 Å². The van der Waals surface area contributed by atoms with E-state index in [0.29, 0.717) is 34.9 Å². The normalized spacial score (nSPS) is 16.4. The van der Waals surface area contributed by atoms with Crippen molar-refractivity contribution in [2.24, 2.45) is 0 Å². The Morgan fingerprint density at radius 1 is 0.976 bits per heavy atom. The highest BCUT2D eigenvalue weighted by Crippen LogP contribution is 2.28. The number of rotatable bonds is 8. The fourth-order valence-electron chi connectivity index (χ4n) is 6.09. The van der Waals surface area contributed by atoms with Gasteiger partial charge in [-0.25, -0.2) is 0 Å². The summed E-state index contributed by atoms with van der Waals surface area (Å²) in [5.74, 6) is 0.948. The lowest BCUT2D eigenvalue weighted by Gasteiger charge is -2.26. The molecule has 2 aliphatic rings. The number of piperidine rings is 1. The van der Waals surface area contributed by atoms with Crippen LogP contribution in [0.4, 0.5) is 5.69 Å². The molecule has 1 N–H and O–H groups in total. The number of nitrogens with zero attached hydrogens (tertiary/aromatic N) is 2. The summed E-state index contributed by atoms with van der Waals surface area (Å²) in [6.45, 7) is 7.25. The van der Waals surface area contributed by atoms with Gasteiger partial charge in [-0.15, -0.1) is 0 Å². The third-order valence-corrected chi connectivity index (χ3v) is 8.57. The van der Waals surface area contributed by atoms with Gasteiger partial charge in [-0.1, -0.05) is 30.7 Å². The summed E-state index contributed by atoms with van der Waals surface area (Å²) in [6, 6.07) is 21.2. The largest absolute Gasteiger partial charge is 0.492 e. The second-order valence-electron chi connectivity index (χ2n) is 11.5. The van der Waals surface area contributed by atoms with Gasteiger partial charge in [-0.2, -0.15) is 0 Å². The van der Waals surface area contributed by atoms with Gasteiger partial charge in [-0.3, -0.25) is 19.1 Å². The predicted octanol–water partition coefficient (Wildman–Crippen LogP) is 6.31. The maximum atomic E-state index is 13.7. The molecular formula is C35H39N3O4. The number of carbonyl (C=O) groups excluding carboxylic acids is 1. The Morgan fingerprint density at radius 2 is 1.81 bits per heavy atom. The molecule has 0 saturated carbocycles. The lowest BCUT2D eigenvalue weighted by molar-refractivity contribution is 0.0853. The van der Waals surface area contributed by atoms with E-state index in [1.807, 2.05) is 67.6 Å². The summed E-state index contributed by atoms with van der Waals surface area (Å²) >= 11 is 0. The van der Waals surface area contributed by atoms with Gasteiger partial charge in [0.1, 0.15) is 12.4 Å². The second-order valence-corrected chi connectivity index (χ2v) is 11.5. The molecule has 3 heterocycles. The van der Waals surface area contributed by atoms with Gasteiger partial charge < -0.3 is 14.8 Å². The summed E-state index contributed by atoms with van der Waals surface area (Å²) in [5.41, 5.74) is 3.98. The Hall–Kier alpha value is -3.94. The molecule has 7 nitrogen and oxygen atoms in total. The molecule has 2 fully saturated rings. The van der Waals surface area contributed by atoms with Crippen molar-refractivity contribution < 1.29 is 14.3 Å². The van der Waals surface area contributed by atoms with Gasteiger partial charge >= 0.3 is 0 Å². The van der Waals surface area contributed by atoms with Crippen LogP contribution < -0.4 is 15.6 Å². The molecule has 3 aromatic carbocycles. The standard InChI is InChI=1S/C35H39N3O4/c1-25-8-10-30(36-34(39)29-7-5-6-28(22-29)26-13-19-41-20-14-26)23-33(25)38-17-12-27-9-11-31(24-32(27)35(38)40)42-21-18-37-15-3-2-4-16-37/h5-12,17,22-24,26H,2-4,13-16,18-21H2,1H3,(H,36,39). The number of hydrogen-bond acceptors (Lipinski definition) is 5. The number of aryl methyl sites for hydroxylation is 1. The molecule has 218 valence electrons. The molecule has 0 aliphatic carbocycles. The zero-order valence-corrected chi connectivity index (χ0v) is 24.3. The van der Waals surface area contributed by atoms with Crippen LogP contribution in [0.5, 0.6) is 5.75 Å². The average Bonchev–Trinajstić information content (AvgIpc) is 3.03. The van der Waals surface area contributed by atoms with E-state index >= 15 is 0 Å². The van der Waals surface area contributed by atoms with Gasteiger partial charge in [0.15, 0.2) is 0 Å². The molecule has 0 radical (unpaired) electrons. The van der Waals surface area contributed by atoms with E-state index in [1.165, 1.54) is 24.8 Å². The number of amides is 1. The van der Waals surface area contributed by atoms with E-state index in [1.54, 1.807) is 10.8 Å². The minimum atomic E-state index is -0.170. The Labute approximate surface area is 247 Å². The first-order chi connectivity index (χ1) is 20.5. The fraction of sp³-hybridized carbons (Fsp3) is 0.371. The van der Waals surface area contributed by atoms with Crippen LogP contribution >= 0.6 is 0 Å². The highest BCUT2D eigenvalue weighted by Gasteiger charge is 2.18. The van der Waals surface area contributed by atoms with E-state index in [0.717, 1.165) is 62.3 Å². The number of benzene rings is 3. The van der Waals surface area contributed by atoms with Gasteiger partial charge in [0.25, 0.3) is 11.5 Å². The number of fused-ring (bicyclic) bond motifs is 1. The maximum Gasteiger partial charge on any atom is 0.263 e. The monoisotopic (exact) mass is 565 g/mol. The number of likely N-dealkylation sites (tertiary alicyclic amines) is 1. The lowest BCUT2D eigenvalue weighted by Crippen LogP contribution is -2.33. The third-order valence-electron chi connectivity index (χ3n) is 8.57. The van der Waals surface area contributed by atoms with Crippen LogP contribution in [0.2, 0.25) is 0 Å². The Morgan fingerprint density at radius 3 is 2.64 bits per heavy atom. The first-order valence-corrected chi connectivity index (χ1v) is 15.2. The molecule has 42 heavy (non-hydrogen) atoms. The van der Waals surface area contributed by atoms with Crippen LogP contribution in [0.15, 0.2) is 77.7 Å². The molecule has 2 aliphatic heterocycles. The van der Waals surface area contributed by atoms with E-state index in [4.69, 9.17) is 9.47 Å². The van der Waals surface area contributed by atoms with E-state index < -0.39 is 0 Å². The Kier molecular flexibility index (Phi) is 8.68. The highest BCUT2D eigenvalue weighted by atomic mass is 16.5. The maximum absolute atomic E-state index is 13.7. The van der Waals surface area contributed by atoms with Crippen molar-refractivity contribution in [2.45, 2.75) is 44.9 Å². The SMILES string of the molecule is Cc1ccc(NC(=O)c2cccc(C3CCOCC3)c2)cc1-n1ccc2ccc(OCCN3CCCCC3)cc2c1=O. The van der Waals surface area contributed by atoms with Crippen LogP contribution in [0.25, 0.3) is 16.5 Å². The number of anilines is 1. The number of nitrogens with one attached hydrogen (secondary N) is 1. The molecule has 4 aromatic rings. The number of pyridine rings is 1. The van der Waals surface area contributed by atoms with Gasteiger partial charge in [0, 0.05) is 37.2 Å². The number of aromatic nitrogens is 1. The molecule has 2 saturated heterocycles. The smallest absolute Gasteiger partial charge is 0.263 e. The number of ether oxygens (including phenoxy) is 2. The summed E-state index contributed by atoms with van der Waals surface area (Å²) in [6.07, 6.45) is 7.56. The lowest BCUT2D eigenvalue weighted by atomic mass is 9.90. The van der Waals surface area contributed by atoms with Crippen molar-refractivity contribution in [1.82, 2.24) is 9.47 Å². The summed E-state index contributed by atoms with van der Waals surface area (Å²) in [5, 5.41) is 4.51. The minimum Gasteiger partial charge on any atom is -0.492 e. The van der Waals surface area contributed by atoms with E-state index in [2.05, 4.69) is 16.3 Å². The van der Waals surface area contributed by atoms with Crippen LogP contribution in [-0.2, 0) is 4.74 Å². The predicted molar refractivity (Wildman–Crippen MR) is 167 cm³/mol. The number of carbonyl (C=O) groups is 1. The van der Waals surface area contributed by atoms with Crippen molar-refractivity contribution in [3.63, 3.8) is 0 Å². The second kappa shape index (κ2) is 12.9. The molecule has 6 rings (SSSR count). The Balaban J connectivity index is 1.20. The molecule has 1 amide bonds. The van der Waals surface area contributed by atoms with E-state index in [9.17, 15) is 9.59 Å². The molecule has 0 bridgehead atoms. The molecule has 0 unspecified atom stereocenters. The van der Waals surface area contributed by atoms with E-state index in [-0.39, 0.29) is 11.5 Å². The zero-order valence-electron chi connectivity index (χ0n) is 24.3. The van der Waals surface area contributed by atoms with Crippen molar-refractivity contribution in [2.75, 3.05) is 44.8 Å². The quantitative estimate of drug-likeness (QED) is 0.271. The van der Waals surface area contributed by atoms with Gasteiger partial charge in [0.05, 0.1) is 11.1 Å². The van der Waals surface area contributed by atoms with Crippen LogP contribution in [0, 0.1) is 6.92 Å². The Bertz CT molecular complexity index is 1620. The molecule has 7 heteroatoms. The fourth-order valence-corrected chi connectivity index (χ4v) is 6.09. The van der Waals surface area contributed by atoms with Crippen molar-refractivity contribution >= 4 is 22.4 Å². The van der Waals surface area contributed by atoms with Crippen molar-refractivity contribution in [1.29, 1.82) is 0 Å². The number of hydrogen-bond donors (Lipinski definition) is 1. The molecule has 0 atom stereocenters. The summed E-state index contributed by atoms with van der Waals surface area (Å²) in [7, 11) is 0. The first kappa shape index (κ1) is 28.2. The third kappa shape index (κ3) is 6.42. The van der Waals surface area contributed by atoms with Crippen molar-refractivity contribution in [3.05, 3.63) is 100.0 Å².